The second-order valence-corrected chi connectivity index (χ2v) is 8.46. The van der Waals surface area contributed by atoms with Gasteiger partial charge in [0.05, 0.1) is 5.60 Å². The lowest BCUT2D eigenvalue weighted by Crippen LogP contribution is -2.51. The Bertz CT molecular complexity index is 911. The molecule has 9 heteroatoms. The van der Waals surface area contributed by atoms with Gasteiger partial charge in [0.2, 0.25) is 0 Å². The number of nitrogens with one attached hydrogen (secondary N) is 1. The summed E-state index contributed by atoms with van der Waals surface area (Å²) in [7, 11) is 1.60. The first-order valence-corrected chi connectivity index (χ1v) is 10.7. The summed E-state index contributed by atoms with van der Waals surface area (Å²) in [5.41, 5.74) is 0.734. The van der Waals surface area contributed by atoms with Gasteiger partial charge in [0.15, 0.2) is 5.82 Å². The third-order valence-electron chi connectivity index (χ3n) is 6.32. The van der Waals surface area contributed by atoms with E-state index in [2.05, 4.69) is 15.5 Å². The molecule has 1 spiro atoms. The Morgan fingerprint density at radius 1 is 1.39 bits per heavy atom. The first kappa shape index (κ1) is 21.7. The highest BCUT2D eigenvalue weighted by molar-refractivity contribution is 5.90. The molecular formula is C22H29FN4O4. The van der Waals surface area contributed by atoms with Crippen LogP contribution in [0.15, 0.2) is 22.7 Å². The van der Waals surface area contributed by atoms with Gasteiger partial charge < -0.3 is 24.2 Å². The lowest BCUT2D eigenvalue weighted by atomic mass is 9.78. The number of piperidine rings is 1. The fraction of sp³-hybridized carbons (Fsp3) is 0.591. The van der Waals surface area contributed by atoms with Crippen LogP contribution in [0.5, 0.6) is 0 Å². The number of urea groups is 1. The van der Waals surface area contributed by atoms with Crippen LogP contribution in [0, 0.1) is 18.7 Å². The van der Waals surface area contributed by atoms with Crippen molar-refractivity contribution >= 4 is 11.7 Å². The van der Waals surface area contributed by atoms with Crippen molar-refractivity contribution in [1.82, 2.24) is 15.0 Å². The van der Waals surface area contributed by atoms with Crippen molar-refractivity contribution < 1.29 is 23.2 Å². The van der Waals surface area contributed by atoms with E-state index in [4.69, 9.17) is 14.0 Å². The van der Waals surface area contributed by atoms with E-state index < -0.39 is 0 Å². The number of benzene rings is 1. The van der Waals surface area contributed by atoms with Gasteiger partial charge in [-0.3, -0.25) is 0 Å². The lowest BCUT2D eigenvalue weighted by molar-refractivity contribution is -0.122. The molecule has 2 aliphatic heterocycles. The maximum atomic E-state index is 13.7. The molecule has 168 valence electrons. The van der Waals surface area contributed by atoms with Crippen LogP contribution in [0.4, 0.5) is 14.9 Å². The number of amides is 2. The molecule has 31 heavy (non-hydrogen) atoms. The Morgan fingerprint density at radius 2 is 2.19 bits per heavy atom. The van der Waals surface area contributed by atoms with Crippen molar-refractivity contribution in [2.75, 3.05) is 32.1 Å². The Kier molecular flexibility index (Phi) is 6.52. The first-order chi connectivity index (χ1) is 15.0. The number of ether oxygens (including phenoxy) is 2. The average molecular weight is 432 g/mol. The van der Waals surface area contributed by atoms with Crippen LogP contribution in [0.25, 0.3) is 0 Å². The Morgan fingerprint density at radius 3 is 2.97 bits per heavy atom. The van der Waals surface area contributed by atoms with Crippen molar-refractivity contribution in [2.24, 2.45) is 5.92 Å². The molecule has 1 aromatic heterocycles. The van der Waals surface area contributed by atoms with E-state index >= 15 is 0 Å². The molecule has 0 bridgehead atoms. The minimum atomic E-state index is -0.326. The summed E-state index contributed by atoms with van der Waals surface area (Å²) in [6, 6.07) is 4.50. The molecule has 2 aliphatic rings. The highest BCUT2D eigenvalue weighted by Crippen LogP contribution is 2.38. The third kappa shape index (κ3) is 5.04. The van der Waals surface area contributed by atoms with Crippen LogP contribution in [0.1, 0.15) is 43.0 Å². The summed E-state index contributed by atoms with van der Waals surface area (Å²) in [4.78, 5) is 18.8. The summed E-state index contributed by atoms with van der Waals surface area (Å²) in [6.07, 6.45) is 4.18. The van der Waals surface area contributed by atoms with Gasteiger partial charge in [0.1, 0.15) is 12.4 Å². The van der Waals surface area contributed by atoms with Crippen LogP contribution in [-0.2, 0) is 22.5 Å². The van der Waals surface area contributed by atoms with E-state index in [0.717, 1.165) is 32.1 Å². The smallest absolute Gasteiger partial charge is 0.321 e. The van der Waals surface area contributed by atoms with Gasteiger partial charge in [0, 0.05) is 44.5 Å². The minimum Gasteiger partial charge on any atom is -0.375 e. The molecule has 1 aromatic carbocycles. The summed E-state index contributed by atoms with van der Waals surface area (Å²) in [5.74, 6) is 1.29. The molecule has 4 rings (SSSR count). The number of anilines is 1. The largest absolute Gasteiger partial charge is 0.375 e. The predicted octanol–water partition coefficient (Wildman–Crippen LogP) is 3.70. The molecule has 0 radical (unpaired) electrons. The maximum absolute atomic E-state index is 13.7. The lowest BCUT2D eigenvalue weighted by Gasteiger charge is -2.46. The molecule has 2 aromatic rings. The number of nitrogens with zero attached hydrogens (tertiary/aromatic N) is 3. The average Bonchev–Trinajstić information content (AvgIpc) is 3.19. The van der Waals surface area contributed by atoms with Crippen LogP contribution in [-0.4, -0.2) is 53.5 Å². The Labute approximate surface area is 181 Å². The van der Waals surface area contributed by atoms with Crippen LogP contribution in [0.2, 0.25) is 0 Å². The van der Waals surface area contributed by atoms with Crippen LogP contribution in [0.3, 0.4) is 0 Å². The zero-order valence-electron chi connectivity index (χ0n) is 18.0. The number of carbonyl (C=O) groups excluding carboxylic acids is 1. The van der Waals surface area contributed by atoms with E-state index in [0.29, 0.717) is 55.2 Å². The van der Waals surface area contributed by atoms with E-state index in [1.165, 1.54) is 6.07 Å². The van der Waals surface area contributed by atoms with Crippen molar-refractivity contribution in [3.8, 4) is 0 Å². The molecule has 2 amide bonds. The van der Waals surface area contributed by atoms with Gasteiger partial charge in [-0.1, -0.05) is 11.2 Å². The SMILES string of the molecule is COCc1nc(CC2CCOC3(CCN(C(=O)Nc4cccc(F)c4C)CC3)C2)no1. The quantitative estimate of drug-likeness (QED) is 0.775. The molecule has 2 fully saturated rings. The number of halogens is 1. The number of rotatable bonds is 5. The molecule has 0 aliphatic carbocycles. The monoisotopic (exact) mass is 432 g/mol. The van der Waals surface area contributed by atoms with Crippen LogP contribution < -0.4 is 5.32 Å². The molecule has 3 heterocycles. The van der Waals surface area contributed by atoms with Gasteiger partial charge >= 0.3 is 6.03 Å². The van der Waals surface area contributed by atoms with Gasteiger partial charge in [-0.05, 0) is 50.7 Å². The van der Waals surface area contributed by atoms with Crippen molar-refractivity contribution in [3.05, 3.63) is 41.3 Å². The fourth-order valence-electron chi connectivity index (χ4n) is 4.52. The predicted molar refractivity (Wildman–Crippen MR) is 111 cm³/mol. The number of methoxy groups -OCH3 is 1. The first-order valence-electron chi connectivity index (χ1n) is 10.7. The number of carbonyl (C=O) groups is 1. The van der Waals surface area contributed by atoms with Gasteiger partial charge in [0.25, 0.3) is 5.89 Å². The van der Waals surface area contributed by atoms with Crippen LogP contribution >= 0.6 is 0 Å². The summed E-state index contributed by atoms with van der Waals surface area (Å²) < 4.78 is 30.2. The van der Waals surface area contributed by atoms with Gasteiger partial charge in [-0.15, -0.1) is 0 Å². The van der Waals surface area contributed by atoms with Crippen molar-refractivity contribution in [1.29, 1.82) is 0 Å². The van der Waals surface area contributed by atoms with Gasteiger partial charge in [-0.2, -0.15) is 4.98 Å². The number of likely N-dealkylation sites (tertiary alicyclic amines) is 1. The minimum absolute atomic E-state index is 0.201. The molecule has 1 atom stereocenters. The van der Waals surface area contributed by atoms with Crippen molar-refractivity contribution in [2.45, 2.75) is 51.2 Å². The molecular weight excluding hydrogens is 403 g/mol. The number of hydrogen-bond donors (Lipinski definition) is 1. The Balaban J connectivity index is 1.31. The number of aromatic nitrogens is 2. The standard InChI is InChI=1S/C22H29FN4O4/c1-15-17(23)4-3-5-18(15)24-21(28)27-9-7-22(8-10-27)13-16(6-11-30-22)12-19-25-20(14-29-2)31-26-19/h3-5,16H,6-14H2,1-2H3,(H,24,28). The van der Waals surface area contributed by atoms with E-state index in [9.17, 15) is 9.18 Å². The normalized spacial score (nSPS) is 20.7. The molecule has 1 unspecified atom stereocenters. The fourth-order valence-corrected chi connectivity index (χ4v) is 4.52. The number of hydrogen-bond acceptors (Lipinski definition) is 6. The summed E-state index contributed by atoms with van der Waals surface area (Å²) >= 11 is 0. The highest BCUT2D eigenvalue weighted by atomic mass is 19.1. The zero-order valence-corrected chi connectivity index (χ0v) is 18.0. The Hall–Kier alpha value is -2.52. The van der Waals surface area contributed by atoms with Crippen molar-refractivity contribution in [3.63, 3.8) is 0 Å². The molecule has 0 saturated carbocycles. The second kappa shape index (κ2) is 9.32. The molecule has 1 N–H and O–H groups in total. The zero-order chi connectivity index (χ0) is 21.8. The highest BCUT2D eigenvalue weighted by Gasteiger charge is 2.41. The molecule has 8 nitrogen and oxygen atoms in total. The van der Waals surface area contributed by atoms with Gasteiger partial charge in [-0.25, -0.2) is 9.18 Å². The summed E-state index contributed by atoms with van der Waals surface area (Å²) in [5, 5.41) is 6.89. The summed E-state index contributed by atoms with van der Waals surface area (Å²) in [6.45, 7) is 3.88. The second-order valence-electron chi connectivity index (χ2n) is 8.46. The van der Waals surface area contributed by atoms with E-state index in [1.54, 1.807) is 31.1 Å². The topological polar surface area (TPSA) is 89.7 Å². The third-order valence-corrected chi connectivity index (χ3v) is 6.32. The van der Waals surface area contributed by atoms with E-state index in [1.807, 2.05) is 0 Å². The maximum Gasteiger partial charge on any atom is 0.321 e. The molecule has 2 saturated heterocycles. The van der Waals surface area contributed by atoms with E-state index in [-0.39, 0.29) is 17.4 Å².